The summed E-state index contributed by atoms with van der Waals surface area (Å²) in [4.78, 5) is 27.2. The SMILES string of the molecule is CCn1cc(C(=O)NCc2cccs2)c(=O)c2cc(S(=O)(=O)N(C)C3CCCCC3)ccc21. The van der Waals surface area contributed by atoms with Gasteiger partial charge in [0.2, 0.25) is 15.5 Å². The number of thiophene rings is 1. The number of hydrogen-bond donors (Lipinski definition) is 1. The molecule has 33 heavy (non-hydrogen) atoms. The van der Waals surface area contributed by atoms with Crippen LogP contribution in [0, 0.1) is 0 Å². The Morgan fingerprint density at radius 2 is 1.97 bits per heavy atom. The normalized spacial score (nSPS) is 15.2. The van der Waals surface area contributed by atoms with Crippen LogP contribution in [0.4, 0.5) is 0 Å². The quantitative estimate of drug-likeness (QED) is 0.546. The van der Waals surface area contributed by atoms with E-state index in [2.05, 4.69) is 5.32 Å². The third-order valence-electron chi connectivity index (χ3n) is 6.41. The molecule has 1 saturated carbocycles. The molecule has 2 aromatic heterocycles. The highest BCUT2D eigenvalue weighted by atomic mass is 32.2. The topological polar surface area (TPSA) is 88.5 Å². The second-order valence-electron chi connectivity index (χ2n) is 8.41. The molecule has 0 spiro atoms. The highest BCUT2D eigenvalue weighted by molar-refractivity contribution is 7.89. The van der Waals surface area contributed by atoms with Gasteiger partial charge in [0, 0.05) is 36.1 Å². The zero-order chi connectivity index (χ0) is 23.6. The van der Waals surface area contributed by atoms with Crippen molar-refractivity contribution in [3.05, 3.63) is 62.6 Å². The number of pyridine rings is 1. The van der Waals surface area contributed by atoms with Gasteiger partial charge >= 0.3 is 0 Å². The highest BCUT2D eigenvalue weighted by Crippen LogP contribution is 2.27. The summed E-state index contributed by atoms with van der Waals surface area (Å²) in [7, 11) is -2.13. The second-order valence-corrected chi connectivity index (χ2v) is 11.4. The Morgan fingerprint density at radius 1 is 1.21 bits per heavy atom. The largest absolute Gasteiger partial charge is 0.347 e. The number of rotatable bonds is 7. The first kappa shape index (κ1) is 23.7. The molecule has 1 amide bonds. The Labute approximate surface area is 198 Å². The number of amides is 1. The van der Waals surface area contributed by atoms with E-state index in [0.29, 0.717) is 18.6 Å². The molecule has 1 N–H and O–H groups in total. The standard InChI is InChI=1S/C24H29N3O4S2/c1-3-27-16-21(24(29)25-15-18-10-7-13-32-18)23(28)20-14-19(11-12-22(20)27)33(30,31)26(2)17-8-5-4-6-9-17/h7,10-14,16-17H,3-6,8-9,15H2,1-2H3,(H,25,29). The molecule has 0 atom stereocenters. The van der Waals surface area contributed by atoms with Crippen molar-refractivity contribution in [2.75, 3.05) is 7.05 Å². The molecule has 0 saturated heterocycles. The smallest absolute Gasteiger partial charge is 0.257 e. The van der Waals surface area contributed by atoms with Gasteiger partial charge in [-0.2, -0.15) is 4.31 Å². The molecule has 176 valence electrons. The number of aromatic nitrogens is 1. The maximum Gasteiger partial charge on any atom is 0.257 e. The number of aryl methyl sites for hydroxylation is 1. The highest BCUT2D eigenvalue weighted by Gasteiger charge is 2.29. The molecule has 0 aliphatic heterocycles. The van der Waals surface area contributed by atoms with E-state index in [1.54, 1.807) is 29.9 Å². The fraction of sp³-hybridized carbons (Fsp3) is 0.417. The Morgan fingerprint density at radius 3 is 2.64 bits per heavy atom. The van der Waals surface area contributed by atoms with Crippen LogP contribution < -0.4 is 10.7 Å². The predicted molar refractivity (Wildman–Crippen MR) is 131 cm³/mol. The van der Waals surface area contributed by atoms with E-state index >= 15 is 0 Å². The Kier molecular flexibility index (Phi) is 7.02. The van der Waals surface area contributed by atoms with Gasteiger partial charge in [0.25, 0.3) is 5.91 Å². The number of carbonyl (C=O) groups is 1. The summed E-state index contributed by atoms with van der Waals surface area (Å²) in [5, 5.41) is 4.96. The van der Waals surface area contributed by atoms with E-state index in [1.807, 2.05) is 24.4 Å². The fourth-order valence-electron chi connectivity index (χ4n) is 4.44. The Balaban J connectivity index is 1.72. The first-order chi connectivity index (χ1) is 15.8. The summed E-state index contributed by atoms with van der Waals surface area (Å²) in [6, 6.07) is 8.43. The van der Waals surface area contributed by atoms with Crippen molar-refractivity contribution in [2.24, 2.45) is 0 Å². The first-order valence-electron chi connectivity index (χ1n) is 11.3. The summed E-state index contributed by atoms with van der Waals surface area (Å²) in [6.07, 6.45) is 6.42. The molecular weight excluding hydrogens is 458 g/mol. The average molecular weight is 488 g/mol. The first-order valence-corrected chi connectivity index (χ1v) is 13.6. The van der Waals surface area contributed by atoms with Crippen LogP contribution in [0.5, 0.6) is 0 Å². The fourth-order valence-corrected chi connectivity index (χ4v) is 6.53. The summed E-state index contributed by atoms with van der Waals surface area (Å²) in [5.74, 6) is -0.468. The van der Waals surface area contributed by atoms with Gasteiger partial charge < -0.3 is 9.88 Å². The summed E-state index contributed by atoms with van der Waals surface area (Å²) in [5.41, 5.74) is 0.156. The molecule has 4 rings (SSSR count). The Bertz CT molecular complexity index is 1310. The third-order valence-corrected chi connectivity index (χ3v) is 9.19. The summed E-state index contributed by atoms with van der Waals surface area (Å²) in [6.45, 7) is 2.79. The van der Waals surface area contributed by atoms with Gasteiger partial charge in [0.15, 0.2) is 0 Å². The Hall–Kier alpha value is -2.49. The molecule has 0 radical (unpaired) electrons. The van der Waals surface area contributed by atoms with Crippen LogP contribution in [0.15, 0.2) is 51.6 Å². The van der Waals surface area contributed by atoms with Crippen LogP contribution in [0.1, 0.15) is 54.3 Å². The molecule has 0 unspecified atom stereocenters. The lowest BCUT2D eigenvalue weighted by Crippen LogP contribution is -2.38. The zero-order valence-electron chi connectivity index (χ0n) is 18.9. The van der Waals surface area contributed by atoms with Crippen molar-refractivity contribution < 1.29 is 13.2 Å². The van der Waals surface area contributed by atoms with Crippen LogP contribution in [-0.4, -0.2) is 36.3 Å². The van der Waals surface area contributed by atoms with Crippen molar-refractivity contribution in [1.82, 2.24) is 14.2 Å². The molecule has 3 aromatic rings. The van der Waals surface area contributed by atoms with Gasteiger partial charge in [-0.1, -0.05) is 25.3 Å². The molecule has 9 heteroatoms. The van der Waals surface area contributed by atoms with Crippen LogP contribution in [0.3, 0.4) is 0 Å². The number of carbonyl (C=O) groups excluding carboxylic acids is 1. The summed E-state index contributed by atoms with van der Waals surface area (Å²) >= 11 is 1.52. The van der Waals surface area contributed by atoms with Crippen LogP contribution in [0.25, 0.3) is 10.9 Å². The van der Waals surface area contributed by atoms with Crippen molar-refractivity contribution in [3.8, 4) is 0 Å². The van der Waals surface area contributed by atoms with Crippen LogP contribution >= 0.6 is 11.3 Å². The minimum atomic E-state index is -3.75. The number of sulfonamides is 1. The minimum absolute atomic E-state index is 0.0103. The van der Waals surface area contributed by atoms with Crippen molar-refractivity contribution in [1.29, 1.82) is 0 Å². The summed E-state index contributed by atoms with van der Waals surface area (Å²) < 4.78 is 29.9. The molecule has 2 heterocycles. The van der Waals surface area contributed by atoms with E-state index in [-0.39, 0.29) is 21.9 Å². The zero-order valence-corrected chi connectivity index (χ0v) is 20.5. The maximum absolute atomic E-state index is 13.3. The van der Waals surface area contributed by atoms with Crippen LogP contribution in [0.2, 0.25) is 0 Å². The third kappa shape index (κ3) is 4.76. The van der Waals surface area contributed by atoms with E-state index < -0.39 is 21.4 Å². The monoisotopic (exact) mass is 487 g/mol. The van der Waals surface area contributed by atoms with Gasteiger partial charge in [0.05, 0.1) is 17.0 Å². The van der Waals surface area contributed by atoms with E-state index in [9.17, 15) is 18.0 Å². The lowest BCUT2D eigenvalue weighted by molar-refractivity contribution is 0.0949. The average Bonchev–Trinajstić information content (AvgIpc) is 3.36. The van der Waals surface area contributed by atoms with E-state index in [0.717, 1.165) is 37.0 Å². The second kappa shape index (κ2) is 9.79. The van der Waals surface area contributed by atoms with Crippen LogP contribution in [-0.2, 0) is 23.1 Å². The molecule has 7 nitrogen and oxygen atoms in total. The van der Waals surface area contributed by atoms with Gasteiger partial charge in [-0.3, -0.25) is 9.59 Å². The molecule has 0 bridgehead atoms. The minimum Gasteiger partial charge on any atom is -0.347 e. The molecule has 1 aliphatic carbocycles. The number of benzene rings is 1. The van der Waals surface area contributed by atoms with Crippen molar-refractivity contribution in [3.63, 3.8) is 0 Å². The number of fused-ring (bicyclic) bond motifs is 1. The van der Waals surface area contributed by atoms with Gasteiger partial charge in [-0.25, -0.2) is 8.42 Å². The predicted octanol–water partition coefficient (Wildman–Crippen LogP) is 3.97. The number of nitrogens with zero attached hydrogens (tertiary/aromatic N) is 2. The molecular formula is C24H29N3O4S2. The molecule has 1 fully saturated rings. The van der Waals surface area contributed by atoms with E-state index in [4.69, 9.17) is 0 Å². The van der Waals surface area contributed by atoms with Gasteiger partial charge in [-0.05, 0) is 49.4 Å². The van der Waals surface area contributed by atoms with Gasteiger partial charge in [0.1, 0.15) is 5.56 Å². The molecule has 1 aliphatic rings. The van der Waals surface area contributed by atoms with Crippen molar-refractivity contribution in [2.45, 2.75) is 63.1 Å². The van der Waals surface area contributed by atoms with Crippen molar-refractivity contribution >= 4 is 38.2 Å². The van der Waals surface area contributed by atoms with Gasteiger partial charge in [-0.15, -0.1) is 11.3 Å². The van der Waals surface area contributed by atoms with E-state index in [1.165, 1.54) is 21.7 Å². The number of hydrogen-bond acceptors (Lipinski definition) is 5. The lowest BCUT2D eigenvalue weighted by Gasteiger charge is -2.30. The lowest BCUT2D eigenvalue weighted by atomic mass is 9.96. The maximum atomic E-state index is 13.3. The number of nitrogens with one attached hydrogen (secondary N) is 1. The molecule has 1 aromatic carbocycles.